The number of hydroxylamine groups is 2. The van der Waals surface area contributed by atoms with E-state index in [0.29, 0.717) is 13.2 Å². The molecule has 2 aliphatic rings. The second kappa shape index (κ2) is 6.84. The molecule has 25 heavy (non-hydrogen) atoms. The molecule has 130 valence electrons. The molecule has 0 unspecified atom stereocenters. The topological polar surface area (TPSA) is 68.2 Å². The monoisotopic (exact) mass is 341 g/mol. The minimum Gasteiger partial charge on any atom is -0.464 e. The Hall–Kier alpha value is -2.41. The Morgan fingerprint density at radius 2 is 1.80 bits per heavy atom. The Morgan fingerprint density at radius 3 is 2.52 bits per heavy atom. The molecule has 2 aromatic carbocycles. The van der Waals surface area contributed by atoms with Crippen molar-refractivity contribution in [1.29, 1.82) is 0 Å². The van der Waals surface area contributed by atoms with Gasteiger partial charge < -0.3 is 14.6 Å². The van der Waals surface area contributed by atoms with Crippen LogP contribution in [-0.2, 0) is 20.9 Å². The van der Waals surface area contributed by atoms with Crippen molar-refractivity contribution in [3.63, 3.8) is 0 Å². The highest BCUT2D eigenvalue weighted by Gasteiger charge is 2.52. The van der Waals surface area contributed by atoms with Gasteiger partial charge in [-0.25, -0.2) is 0 Å². The first kappa shape index (κ1) is 16.1. The van der Waals surface area contributed by atoms with E-state index in [0.717, 1.165) is 17.1 Å². The summed E-state index contributed by atoms with van der Waals surface area (Å²) in [5.41, 5.74) is 0.984. The number of nitrogens with zero attached hydrogens (tertiary/aromatic N) is 1. The molecule has 2 aliphatic heterocycles. The van der Waals surface area contributed by atoms with Crippen LogP contribution in [0.3, 0.4) is 0 Å². The molecular weight excluding hydrogens is 322 g/mol. The molecule has 2 aromatic rings. The van der Waals surface area contributed by atoms with Gasteiger partial charge in [0.05, 0.1) is 25.7 Å². The number of esters is 1. The summed E-state index contributed by atoms with van der Waals surface area (Å²) in [5.74, 6) is 1.12. The Morgan fingerprint density at radius 1 is 1.08 bits per heavy atom. The molecule has 4 rings (SSSR count). The van der Waals surface area contributed by atoms with Gasteiger partial charge in [0.15, 0.2) is 0 Å². The molecule has 0 spiro atoms. The van der Waals surface area contributed by atoms with Crippen LogP contribution in [0.5, 0.6) is 11.5 Å². The number of aliphatic hydroxyl groups excluding tert-OH is 1. The molecule has 0 aromatic heterocycles. The van der Waals surface area contributed by atoms with Crippen LogP contribution in [0, 0.1) is 5.92 Å². The normalized spacial score (nSPS) is 25.6. The fourth-order valence-corrected chi connectivity index (χ4v) is 3.26. The number of cyclic esters (lactones) is 1. The standard InChI is InChI=1S/C19H19NO5/c21-11-17-16-12-23-19(22)18(16)20(25-17)10-13-6-8-15(9-7-13)24-14-4-2-1-3-5-14/h1-9,16-18,21H,10-12H2/t16-,17+,18+/m1/s1. The highest BCUT2D eigenvalue weighted by Crippen LogP contribution is 2.34. The third kappa shape index (κ3) is 3.24. The summed E-state index contributed by atoms with van der Waals surface area (Å²) in [7, 11) is 0. The SMILES string of the molecule is O=C1OC[C@@H]2[C@H](CO)ON(Cc3ccc(Oc4ccccc4)cc3)[C@H]12. The van der Waals surface area contributed by atoms with Crippen molar-refractivity contribution in [3.8, 4) is 11.5 Å². The predicted molar refractivity (Wildman–Crippen MR) is 88.7 cm³/mol. The summed E-state index contributed by atoms with van der Waals surface area (Å²) in [6, 6.07) is 16.8. The first-order valence-corrected chi connectivity index (χ1v) is 8.27. The molecule has 1 N–H and O–H groups in total. The first-order valence-electron chi connectivity index (χ1n) is 8.27. The zero-order valence-corrected chi connectivity index (χ0v) is 13.6. The molecule has 6 nitrogen and oxygen atoms in total. The maximum atomic E-state index is 11.9. The molecule has 2 heterocycles. The third-order valence-corrected chi connectivity index (χ3v) is 4.54. The van der Waals surface area contributed by atoms with E-state index >= 15 is 0 Å². The van der Waals surface area contributed by atoms with Gasteiger partial charge in [0, 0.05) is 0 Å². The molecule has 0 bridgehead atoms. The lowest BCUT2D eigenvalue weighted by Gasteiger charge is -2.19. The van der Waals surface area contributed by atoms with E-state index in [9.17, 15) is 9.90 Å². The van der Waals surface area contributed by atoms with Crippen molar-refractivity contribution in [3.05, 3.63) is 60.2 Å². The quantitative estimate of drug-likeness (QED) is 0.841. The molecule has 3 atom stereocenters. The second-order valence-corrected chi connectivity index (χ2v) is 6.20. The van der Waals surface area contributed by atoms with Crippen molar-refractivity contribution < 1.29 is 24.2 Å². The summed E-state index contributed by atoms with van der Waals surface area (Å²) in [6.45, 7) is 0.617. The largest absolute Gasteiger partial charge is 0.464 e. The maximum Gasteiger partial charge on any atom is 0.326 e. The van der Waals surface area contributed by atoms with Crippen LogP contribution >= 0.6 is 0 Å². The van der Waals surface area contributed by atoms with Crippen molar-refractivity contribution in [1.82, 2.24) is 5.06 Å². The van der Waals surface area contributed by atoms with Crippen molar-refractivity contribution in [2.24, 2.45) is 5.92 Å². The van der Waals surface area contributed by atoms with Gasteiger partial charge in [-0.3, -0.25) is 9.63 Å². The van der Waals surface area contributed by atoms with E-state index in [1.807, 2.05) is 54.6 Å². The van der Waals surface area contributed by atoms with Crippen molar-refractivity contribution in [2.45, 2.75) is 18.7 Å². The molecule has 2 fully saturated rings. The number of carbonyl (C=O) groups excluding carboxylic acids is 1. The number of fused-ring (bicyclic) bond motifs is 1. The van der Waals surface area contributed by atoms with Gasteiger partial charge in [0.1, 0.15) is 23.6 Å². The number of carbonyl (C=O) groups is 1. The number of hydrogen-bond acceptors (Lipinski definition) is 6. The van der Waals surface area contributed by atoms with Crippen LogP contribution in [-0.4, -0.2) is 41.5 Å². The lowest BCUT2D eigenvalue weighted by atomic mass is 9.98. The van der Waals surface area contributed by atoms with Gasteiger partial charge in [0.2, 0.25) is 0 Å². The van der Waals surface area contributed by atoms with Crippen molar-refractivity contribution in [2.75, 3.05) is 13.2 Å². The zero-order valence-electron chi connectivity index (χ0n) is 13.6. The zero-order chi connectivity index (χ0) is 17.2. The van der Waals surface area contributed by atoms with Gasteiger partial charge in [-0.2, -0.15) is 5.06 Å². The van der Waals surface area contributed by atoms with Crippen LogP contribution in [0.1, 0.15) is 5.56 Å². The Kier molecular flexibility index (Phi) is 4.40. The Labute approximate surface area is 145 Å². The highest BCUT2D eigenvalue weighted by atomic mass is 16.7. The average Bonchev–Trinajstić information content (AvgIpc) is 3.19. The molecular formula is C19H19NO5. The van der Waals surface area contributed by atoms with Gasteiger partial charge in [0.25, 0.3) is 0 Å². The fourth-order valence-electron chi connectivity index (χ4n) is 3.26. The number of benzene rings is 2. The van der Waals surface area contributed by atoms with Crippen molar-refractivity contribution >= 4 is 5.97 Å². The number of rotatable bonds is 5. The number of hydrogen-bond donors (Lipinski definition) is 1. The average molecular weight is 341 g/mol. The van der Waals surface area contributed by atoms with E-state index in [-0.39, 0.29) is 18.5 Å². The predicted octanol–water partition coefficient (Wildman–Crippen LogP) is 2.13. The minimum absolute atomic E-state index is 0.113. The fraction of sp³-hybridized carbons (Fsp3) is 0.316. The van der Waals surface area contributed by atoms with E-state index < -0.39 is 12.1 Å². The summed E-state index contributed by atoms with van der Waals surface area (Å²) < 4.78 is 10.9. The maximum absolute atomic E-state index is 11.9. The summed E-state index contributed by atoms with van der Waals surface area (Å²) in [5, 5.41) is 11.0. The lowest BCUT2D eigenvalue weighted by molar-refractivity contribution is -0.192. The van der Waals surface area contributed by atoms with Crippen LogP contribution < -0.4 is 4.74 Å². The Bertz CT molecular complexity index is 733. The summed E-state index contributed by atoms with van der Waals surface area (Å²) >= 11 is 0. The first-order chi connectivity index (χ1) is 12.2. The van der Waals surface area contributed by atoms with Gasteiger partial charge in [-0.1, -0.05) is 30.3 Å². The molecule has 2 saturated heterocycles. The van der Waals surface area contributed by atoms with Crippen LogP contribution in [0.2, 0.25) is 0 Å². The number of ether oxygens (including phenoxy) is 2. The lowest BCUT2D eigenvalue weighted by Crippen LogP contribution is -2.34. The van der Waals surface area contributed by atoms with Crippen LogP contribution in [0.4, 0.5) is 0 Å². The molecule has 0 radical (unpaired) electrons. The smallest absolute Gasteiger partial charge is 0.326 e. The minimum atomic E-state index is -0.447. The molecule has 0 amide bonds. The van der Waals surface area contributed by atoms with E-state index in [4.69, 9.17) is 14.3 Å². The van der Waals surface area contributed by atoms with Gasteiger partial charge >= 0.3 is 5.97 Å². The molecule has 0 saturated carbocycles. The Balaban J connectivity index is 1.43. The summed E-state index contributed by atoms with van der Waals surface area (Å²) in [6.07, 6.45) is -0.392. The number of para-hydroxylation sites is 1. The highest BCUT2D eigenvalue weighted by molar-refractivity contribution is 5.78. The molecule has 6 heteroatoms. The van der Waals surface area contributed by atoms with Gasteiger partial charge in [-0.15, -0.1) is 0 Å². The van der Waals surface area contributed by atoms with Gasteiger partial charge in [-0.05, 0) is 29.8 Å². The third-order valence-electron chi connectivity index (χ3n) is 4.54. The number of aliphatic hydroxyl groups is 1. The van der Waals surface area contributed by atoms with Crippen LogP contribution in [0.25, 0.3) is 0 Å². The van der Waals surface area contributed by atoms with E-state index in [1.54, 1.807) is 5.06 Å². The summed E-state index contributed by atoms with van der Waals surface area (Å²) in [4.78, 5) is 17.7. The van der Waals surface area contributed by atoms with E-state index in [2.05, 4.69) is 0 Å². The second-order valence-electron chi connectivity index (χ2n) is 6.20. The van der Waals surface area contributed by atoms with Crippen LogP contribution in [0.15, 0.2) is 54.6 Å². The molecule has 0 aliphatic carbocycles. The van der Waals surface area contributed by atoms with E-state index in [1.165, 1.54) is 0 Å².